The van der Waals surface area contributed by atoms with E-state index in [0.29, 0.717) is 0 Å². The van der Waals surface area contributed by atoms with Crippen molar-refractivity contribution in [2.75, 3.05) is 0 Å². The van der Waals surface area contributed by atoms with E-state index in [1.54, 1.807) is 29.5 Å². The molecule has 1 aromatic heterocycles. The van der Waals surface area contributed by atoms with E-state index in [0.717, 1.165) is 0 Å². The Morgan fingerprint density at radius 2 is 2.55 bits per heavy atom. The van der Waals surface area contributed by atoms with Gasteiger partial charge in [0.2, 0.25) is 0 Å². The number of carbonyl (C=O) groups excluding carboxylic acids is 1. The van der Waals surface area contributed by atoms with E-state index in [2.05, 4.69) is 6.58 Å². The molecule has 0 spiro atoms. The van der Waals surface area contributed by atoms with Crippen LogP contribution in [0.5, 0.6) is 0 Å². The average Bonchev–Trinajstić information content (AvgIpc) is 2.34. The molecule has 1 aromatic rings. The van der Waals surface area contributed by atoms with E-state index in [4.69, 9.17) is 4.84 Å². The highest BCUT2D eigenvalue weighted by atomic mass is 16.7. The van der Waals surface area contributed by atoms with Gasteiger partial charge in [0.25, 0.3) is 6.33 Å². The lowest BCUT2D eigenvalue weighted by atomic mass is 10.8. The maximum absolute atomic E-state index is 10.4. The minimum absolute atomic E-state index is 0.350. The molecule has 0 radical (unpaired) electrons. The molecule has 0 aliphatic carbocycles. The predicted octanol–water partition coefficient (Wildman–Crippen LogP) is -0.149. The number of rotatable bonds is 2. The molecule has 1 rings (SSSR count). The molecular formula is C7H9N2O2+. The summed E-state index contributed by atoms with van der Waals surface area (Å²) in [6.07, 6.45) is 6.52. The van der Waals surface area contributed by atoms with Gasteiger partial charge in [0.15, 0.2) is 6.20 Å². The van der Waals surface area contributed by atoms with Crippen molar-refractivity contribution in [3.63, 3.8) is 0 Å². The monoisotopic (exact) mass is 153 g/mol. The van der Waals surface area contributed by atoms with Crippen LogP contribution in [0.15, 0.2) is 25.3 Å². The molecule has 4 heteroatoms. The number of hydrogen-bond donors (Lipinski definition) is 0. The van der Waals surface area contributed by atoms with Crippen LogP contribution in [0.3, 0.4) is 0 Å². The van der Waals surface area contributed by atoms with Crippen LogP contribution < -0.4 is 9.40 Å². The van der Waals surface area contributed by atoms with E-state index in [9.17, 15) is 4.79 Å². The molecule has 4 nitrogen and oxygen atoms in total. The van der Waals surface area contributed by atoms with Gasteiger partial charge in [-0.2, -0.15) is 0 Å². The number of hydrogen-bond acceptors (Lipinski definition) is 2. The molecule has 1 heterocycles. The van der Waals surface area contributed by atoms with Crippen molar-refractivity contribution in [1.29, 1.82) is 0 Å². The van der Waals surface area contributed by atoms with E-state index in [-0.39, 0.29) is 5.97 Å². The molecule has 0 amide bonds. The van der Waals surface area contributed by atoms with Gasteiger partial charge < -0.3 is 0 Å². The average molecular weight is 153 g/mol. The lowest BCUT2D eigenvalue weighted by Gasteiger charge is -1.88. The van der Waals surface area contributed by atoms with Gasteiger partial charge in [-0.05, 0) is 4.73 Å². The Hall–Kier alpha value is -1.58. The Morgan fingerprint density at radius 1 is 1.82 bits per heavy atom. The summed E-state index contributed by atoms with van der Waals surface area (Å²) in [5.41, 5.74) is 0. The van der Waals surface area contributed by atoms with Gasteiger partial charge in [-0.3, -0.25) is 4.84 Å². The largest absolute Gasteiger partial charge is 0.354 e. The zero-order chi connectivity index (χ0) is 8.27. The summed E-state index contributed by atoms with van der Waals surface area (Å²) < 4.78 is 2.98. The Morgan fingerprint density at radius 3 is 3.00 bits per heavy atom. The summed E-state index contributed by atoms with van der Waals surface area (Å²) in [4.78, 5) is 15.1. The third kappa shape index (κ3) is 1.93. The van der Waals surface area contributed by atoms with Crippen LogP contribution in [-0.4, -0.2) is 10.7 Å². The molecule has 0 aliphatic heterocycles. The molecule has 0 saturated heterocycles. The first-order valence-corrected chi connectivity index (χ1v) is 3.12. The molecule has 58 valence electrons. The van der Waals surface area contributed by atoms with Crippen LogP contribution in [0, 0.1) is 0 Å². The van der Waals surface area contributed by atoms with Gasteiger partial charge in [0, 0.05) is 6.92 Å². The smallest absolute Gasteiger partial charge is 0.258 e. The van der Waals surface area contributed by atoms with Crippen molar-refractivity contribution in [2.24, 2.45) is 0 Å². The Kier molecular flexibility index (Phi) is 2.06. The van der Waals surface area contributed by atoms with E-state index in [1.165, 1.54) is 11.7 Å². The summed E-state index contributed by atoms with van der Waals surface area (Å²) in [5.74, 6) is -0.350. The van der Waals surface area contributed by atoms with Crippen LogP contribution in [0.2, 0.25) is 0 Å². The van der Waals surface area contributed by atoms with E-state index in [1.807, 2.05) is 0 Å². The summed E-state index contributed by atoms with van der Waals surface area (Å²) in [6, 6.07) is 0. The predicted molar refractivity (Wildman–Crippen MR) is 38.3 cm³/mol. The maximum atomic E-state index is 10.4. The zero-order valence-corrected chi connectivity index (χ0v) is 6.23. The fraction of sp³-hybridized carbons (Fsp3) is 0.143. The third-order valence-electron chi connectivity index (χ3n) is 1.08. The molecular weight excluding hydrogens is 144 g/mol. The second-order valence-corrected chi connectivity index (χ2v) is 1.99. The van der Waals surface area contributed by atoms with Crippen LogP contribution in [0.25, 0.3) is 6.20 Å². The molecule has 0 atom stereocenters. The lowest BCUT2D eigenvalue weighted by molar-refractivity contribution is -0.568. The summed E-state index contributed by atoms with van der Waals surface area (Å²) in [7, 11) is 0. The topological polar surface area (TPSA) is 35.1 Å². The molecule has 0 bridgehead atoms. The van der Waals surface area contributed by atoms with Crippen molar-refractivity contribution in [3.8, 4) is 0 Å². The fourth-order valence-corrected chi connectivity index (χ4v) is 0.662. The van der Waals surface area contributed by atoms with Crippen LogP contribution in [0.4, 0.5) is 0 Å². The van der Waals surface area contributed by atoms with Crippen molar-refractivity contribution in [3.05, 3.63) is 25.3 Å². The second-order valence-electron chi connectivity index (χ2n) is 1.99. The summed E-state index contributed by atoms with van der Waals surface area (Å²) >= 11 is 0. The third-order valence-corrected chi connectivity index (χ3v) is 1.08. The molecule has 11 heavy (non-hydrogen) atoms. The first-order valence-electron chi connectivity index (χ1n) is 3.12. The molecule has 0 fully saturated rings. The fourth-order valence-electron chi connectivity index (χ4n) is 0.662. The zero-order valence-electron chi connectivity index (χ0n) is 6.23. The van der Waals surface area contributed by atoms with E-state index < -0.39 is 0 Å². The maximum Gasteiger partial charge on any atom is 0.354 e. The summed E-state index contributed by atoms with van der Waals surface area (Å²) in [6.45, 7) is 4.88. The van der Waals surface area contributed by atoms with Gasteiger partial charge in [0.1, 0.15) is 6.20 Å². The standard InChI is InChI=1S/C7H9N2O2/c1-3-8-4-5-9(6-8)11-7(2)10/h3-6H,1H2,2H3/q+1. The first-order chi connectivity index (χ1) is 5.22. The Bertz CT molecular complexity index is 278. The number of aromatic nitrogens is 2. The molecule has 0 aromatic carbocycles. The Labute approximate surface area is 64.3 Å². The van der Waals surface area contributed by atoms with Crippen molar-refractivity contribution >= 4 is 12.2 Å². The molecule has 0 N–H and O–H groups in total. The first kappa shape index (κ1) is 7.53. The van der Waals surface area contributed by atoms with Gasteiger partial charge in [-0.1, -0.05) is 6.58 Å². The van der Waals surface area contributed by atoms with Gasteiger partial charge in [-0.15, -0.1) is 0 Å². The van der Waals surface area contributed by atoms with E-state index >= 15 is 0 Å². The second kappa shape index (κ2) is 3.01. The number of nitrogens with zero attached hydrogens (tertiary/aromatic N) is 2. The van der Waals surface area contributed by atoms with Crippen molar-refractivity contribution < 1.29 is 14.2 Å². The minimum Gasteiger partial charge on any atom is -0.258 e. The van der Waals surface area contributed by atoms with Crippen LogP contribution >= 0.6 is 0 Å². The van der Waals surface area contributed by atoms with Gasteiger partial charge >= 0.3 is 5.97 Å². The normalized spacial score (nSPS) is 9.18. The molecule has 0 saturated carbocycles. The van der Waals surface area contributed by atoms with Crippen molar-refractivity contribution in [2.45, 2.75) is 6.92 Å². The summed E-state index contributed by atoms with van der Waals surface area (Å²) in [5, 5.41) is 0. The minimum atomic E-state index is -0.350. The van der Waals surface area contributed by atoms with Gasteiger partial charge in [0.05, 0.1) is 6.20 Å². The number of imidazole rings is 1. The van der Waals surface area contributed by atoms with Crippen LogP contribution in [0.1, 0.15) is 6.92 Å². The SMILES string of the molecule is C=C[n+]1ccn(OC(C)=O)c1. The Balaban J connectivity index is 2.72. The number of carbonyl (C=O) groups is 1. The highest BCUT2D eigenvalue weighted by molar-refractivity contribution is 5.66. The lowest BCUT2D eigenvalue weighted by Crippen LogP contribution is -2.23. The highest BCUT2D eigenvalue weighted by Crippen LogP contribution is 1.79. The van der Waals surface area contributed by atoms with Gasteiger partial charge in [-0.25, -0.2) is 9.36 Å². The molecule has 0 unspecified atom stereocenters. The quantitative estimate of drug-likeness (QED) is 0.554. The van der Waals surface area contributed by atoms with Crippen LogP contribution in [-0.2, 0) is 4.79 Å². The highest BCUT2D eigenvalue weighted by Gasteiger charge is 2.03. The van der Waals surface area contributed by atoms with Crippen molar-refractivity contribution in [1.82, 2.24) is 4.73 Å². The molecule has 0 aliphatic rings.